The van der Waals surface area contributed by atoms with E-state index in [1.807, 2.05) is 6.92 Å². The average molecular weight is 234 g/mol. The SMILES string of the molecule is CCOC1CN(Cc2ccccc2)CC1CN. The molecule has 17 heavy (non-hydrogen) atoms. The Hall–Kier alpha value is -0.900. The lowest BCUT2D eigenvalue weighted by atomic mass is 10.1. The molecular formula is C14H22N2O. The van der Waals surface area contributed by atoms with Crippen LogP contribution in [0.15, 0.2) is 30.3 Å². The molecule has 2 atom stereocenters. The predicted molar refractivity (Wildman–Crippen MR) is 69.7 cm³/mol. The van der Waals surface area contributed by atoms with Gasteiger partial charge in [0.25, 0.3) is 0 Å². The van der Waals surface area contributed by atoms with Crippen molar-refractivity contribution < 1.29 is 4.74 Å². The maximum Gasteiger partial charge on any atom is 0.0754 e. The summed E-state index contributed by atoms with van der Waals surface area (Å²) in [5.41, 5.74) is 7.16. The van der Waals surface area contributed by atoms with Crippen LogP contribution in [0.25, 0.3) is 0 Å². The molecule has 2 unspecified atom stereocenters. The van der Waals surface area contributed by atoms with Crippen LogP contribution in [0.4, 0.5) is 0 Å². The third-order valence-electron chi connectivity index (χ3n) is 3.39. The average Bonchev–Trinajstić information content (AvgIpc) is 2.73. The number of benzene rings is 1. The molecule has 1 aromatic rings. The van der Waals surface area contributed by atoms with Gasteiger partial charge in [0.15, 0.2) is 0 Å². The van der Waals surface area contributed by atoms with E-state index in [4.69, 9.17) is 10.5 Å². The highest BCUT2D eigenvalue weighted by Gasteiger charge is 2.31. The maximum absolute atomic E-state index is 5.80. The molecule has 0 saturated carbocycles. The van der Waals surface area contributed by atoms with E-state index >= 15 is 0 Å². The van der Waals surface area contributed by atoms with Gasteiger partial charge in [0, 0.05) is 32.2 Å². The van der Waals surface area contributed by atoms with Crippen LogP contribution in [0.3, 0.4) is 0 Å². The molecule has 0 spiro atoms. The zero-order chi connectivity index (χ0) is 12.1. The number of hydrogen-bond donors (Lipinski definition) is 1. The smallest absolute Gasteiger partial charge is 0.0754 e. The van der Waals surface area contributed by atoms with Crippen molar-refractivity contribution in [3.05, 3.63) is 35.9 Å². The van der Waals surface area contributed by atoms with Crippen LogP contribution >= 0.6 is 0 Å². The largest absolute Gasteiger partial charge is 0.377 e. The first-order chi connectivity index (χ1) is 8.33. The molecule has 3 nitrogen and oxygen atoms in total. The summed E-state index contributed by atoms with van der Waals surface area (Å²) in [6.07, 6.45) is 0.314. The minimum absolute atomic E-state index is 0.314. The van der Waals surface area contributed by atoms with Gasteiger partial charge in [-0.2, -0.15) is 0 Å². The van der Waals surface area contributed by atoms with Gasteiger partial charge in [-0.25, -0.2) is 0 Å². The molecule has 1 aromatic carbocycles. The lowest BCUT2D eigenvalue weighted by molar-refractivity contribution is 0.0446. The Labute approximate surface area is 104 Å². The van der Waals surface area contributed by atoms with Gasteiger partial charge in [-0.15, -0.1) is 0 Å². The van der Waals surface area contributed by atoms with Gasteiger partial charge < -0.3 is 10.5 Å². The van der Waals surface area contributed by atoms with Crippen LogP contribution in [0, 0.1) is 5.92 Å². The number of ether oxygens (including phenoxy) is 1. The van der Waals surface area contributed by atoms with Crippen molar-refractivity contribution in [2.24, 2.45) is 11.7 Å². The normalized spacial score (nSPS) is 25.3. The molecule has 0 radical (unpaired) electrons. The van der Waals surface area contributed by atoms with E-state index in [9.17, 15) is 0 Å². The molecule has 2 rings (SSSR count). The fraction of sp³-hybridized carbons (Fsp3) is 0.571. The molecule has 3 heteroatoms. The number of nitrogens with zero attached hydrogens (tertiary/aromatic N) is 1. The van der Waals surface area contributed by atoms with Gasteiger partial charge in [-0.1, -0.05) is 30.3 Å². The van der Waals surface area contributed by atoms with Crippen molar-refractivity contribution in [3.63, 3.8) is 0 Å². The van der Waals surface area contributed by atoms with Crippen molar-refractivity contribution in [2.45, 2.75) is 19.6 Å². The Bertz CT molecular complexity index is 328. The Kier molecular flexibility index (Phi) is 4.54. The van der Waals surface area contributed by atoms with Gasteiger partial charge in [-0.05, 0) is 19.0 Å². The summed E-state index contributed by atoms with van der Waals surface area (Å²) >= 11 is 0. The Morgan fingerprint density at radius 2 is 2.06 bits per heavy atom. The van der Waals surface area contributed by atoms with Gasteiger partial charge in [0.2, 0.25) is 0 Å². The van der Waals surface area contributed by atoms with E-state index < -0.39 is 0 Å². The van der Waals surface area contributed by atoms with Crippen LogP contribution in [0.1, 0.15) is 12.5 Å². The van der Waals surface area contributed by atoms with E-state index in [2.05, 4.69) is 35.2 Å². The molecule has 94 valence electrons. The summed E-state index contributed by atoms with van der Waals surface area (Å²) in [6, 6.07) is 10.6. The van der Waals surface area contributed by atoms with Crippen LogP contribution in [0.5, 0.6) is 0 Å². The quantitative estimate of drug-likeness (QED) is 0.838. The van der Waals surface area contributed by atoms with Crippen LogP contribution < -0.4 is 5.73 Å². The van der Waals surface area contributed by atoms with E-state index in [0.29, 0.717) is 12.0 Å². The van der Waals surface area contributed by atoms with Crippen LogP contribution in [-0.4, -0.2) is 37.2 Å². The third kappa shape index (κ3) is 3.28. The molecule has 1 heterocycles. The van der Waals surface area contributed by atoms with Crippen molar-refractivity contribution in [1.29, 1.82) is 0 Å². The van der Waals surface area contributed by atoms with Gasteiger partial charge in [0.05, 0.1) is 6.10 Å². The number of rotatable bonds is 5. The first-order valence-corrected chi connectivity index (χ1v) is 6.41. The molecule has 1 aliphatic rings. The topological polar surface area (TPSA) is 38.5 Å². The van der Waals surface area contributed by atoms with Gasteiger partial charge >= 0.3 is 0 Å². The highest BCUT2D eigenvalue weighted by atomic mass is 16.5. The first kappa shape index (κ1) is 12.6. The minimum atomic E-state index is 0.314. The molecular weight excluding hydrogens is 212 g/mol. The summed E-state index contributed by atoms with van der Waals surface area (Å²) in [6.45, 7) is 6.60. The second-order valence-electron chi connectivity index (χ2n) is 4.67. The van der Waals surface area contributed by atoms with Crippen molar-refractivity contribution in [2.75, 3.05) is 26.2 Å². The third-order valence-corrected chi connectivity index (χ3v) is 3.39. The lowest BCUT2D eigenvalue weighted by Crippen LogP contribution is -2.28. The number of likely N-dealkylation sites (tertiary alicyclic amines) is 1. The monoisotopic (exact) mass is 234 g/mol. The summed E-state index contributed by atoms with van der Waals surface area (Å²) < 4.78 is 5.75. The molecule has 1 fully saturated rings. The molecule has 0 aromatic heterocycles. The highest BCUT2D eigenvalue weighted by molar-refractivity contribution is 5.14. The van der Waals surface area contributed by atoms with E-state index in [1.54, 1.807) is 0 Å². The fourth-order valence-corrected chi connectivity index (χ4v) is 2.53. The summed E-state index contributed by atoms with van der Waals surface area (Å²) in [4.78, 5) is 2.44. The van der Waals surface area contributed by atoms with Crippen LogP contribution in [-0.2, 0) is 11.3 Å². The Balaban J connectivity index is 1.91. The Morgan fingerprint density at radius 3 is 2.71 bits per heavy atom. The second-order valence-corrected chi connectivity index (χ2v) is 4.67. The lowest BCUT2D eigenvalue weighted by Gasteiger charge is -2.16. The fourth-order valence-electron chi connectivity index (χ4n) is 2.53. The van der Waals surface area contributed by atoms with Gasteiger partial charge in [-0.3, -0.25) is 4.90 Å². The molecule has 1 aliphatic heterocycles. The standard InChI is InChI=1S/C14H22N2O/c1-2-17-14-11-16(10-13(14)8-15)9-12-6-4-3-5-7-12/h3-7,13-14H,2,8-11,15H2,1H3. The molecule has 1 saturated heterocycles. The molecule has 0 bridgehead atoms. The summed E-state index contributed by atoms with van der Waals surface area (Å²) in [5, 5.41) is 0. The second kappa shape index (κ2) is 6.15. The predicted octanol–water partition coefficient (Wildman–Crippen LogP) is 1.48. The summed E-state index contributed by atoms with van der Waals surface area (Å²) in [5.74, 6) is 0.485. The van der Waals surface area contributed by atoms with E-state index in [1.165, 1.54) is 5.56 Å². The first-order valence-electron chi connectivity index (χ1n) is 6.41. The van der Waals surface area contributed by atoms with Gasteiger partial charge in [0.1, 0.15) is 0 Å². The minimum Gasteiger partial charge on any atom is -0.377 e. The zero-order valence-corrected chi connectivity index (χ0v) is 10.5. The Morgan fingerprint density at radius 1 is 1.29 bits per heavy atom. The van der Waals surface area contributed by atoms with Crippen LogP contribution in [0.2, 0.25) is 0 Å². The van der Waals surface area contributed by atoms with E-state index in [0.717, 1.165) is 32.8 Å². The number of nitrogens with two attached hydrogens (primary N) is 1. The van der Waals surface area contributed by atoms with Crippen molar-refractivity contribution in [1.82, 2.24) is 4.90 Å². The summed E-state index contributed by atoms with van der Waals surface area (Å²) in [7, 11) is 0. The maximum atomic E-state index is 5.80. The van der Waals surface area contributed by atoms with Crippen molar-refractivity contribution in [3.8, 4) is 0 Å². The zero-order valence-electron chi connectivity index (χ0n) is 10.5. The molecule has 0 amide bonds. The highest BCUT2D eigenvalue weighted by Crippen LogP contribution is 2.21. The molecule has 0 aliphatic carbocycles. The van der Waals surface area contributed by atoms with Crippen molar-refractivity contribution >= 4 is 0 Å². The number of hydrogen-bond acceptors (Lipinski definition) is 3. The van der Waals surface area contributed by atoms with E-state index in [-0.39, 0.29) is 0 Å². The molecule has 2 N–H and O–H groups in total.